The number of anilines is 1. The van der Waals surface area contributed by atoms with Crippen LogP contribution >= 0.6 is 0 Å². The molecule has 0 unspecified atom stereocenters. The minimum atomic E-state index is 0.845. The number of benzene rings is 2. The molecule has 4 nitrogen and oxygen atoms in total. The summed E-state index contributed by atoms with van der Waals surface area (Å²) in [7, 11) is 0. The molecule has 116 valence electrons. The van der Waals surface area contributed by atoms with Crippen LogP contribution in [0.5, 0.6) is 0 Å². The highest BCUT2D eigenvalue weighted by molar-refractivity contribution is 5.85. The van der Waals surface area contributed by atoms with Gasteiger partial charge in [0.05, 0.1) is 0 Å². The van der Waals surface area contributed by atoms with E-state index in [1.165, 1.54) is 16.3 Å². The molecule has 1 fully saturated rings. The van der Waals surface area contributed by atoms with Crippen molar-refractivity contribution in [2.75, 3.05) is 31.1 Å². The van der Waals surface area contributed by atoms with E-state index in [2.05, 4.69) is 62.2 Å². The van der Waals surface area contributed by atoms with Crippen molar-refractivity contribution in [1.29, 1.82) is 0 Å². The average Bonchev–Trinajstić information content (AvgIpc) is 2.63. The van der Waals surface area contributed by atoms with E-state index in [0.717, 1.165) is 38.7 Å². The van der Waals surface area contributed by atoms with Crippen molar-refractivity contribution in [1.82, 2.24) is 14.9 Å². The van der Waals surface area contributed by atoms with E-state index in [0.29, 0.717) is 0 Å². The SMILES string of the molecule is c1cnc(N2CCN(Cc3cccc4ccccc34)CC2)nc1. The Kier molecular flexibility index (Phi) is 3.90. The summed E-state index contributed by atoms with van der Waals surface area (Å²) in [5.74, 6) is 0.845. The van der Waals surface area contributed by atoms with Gasteiger partial charge in [-0.25, -0.2) is 9.97 Å². The van der Waals surface area contributed by atoms with Crippen LogP contribution in [0.15, 0.2) is 60.9 Å². The number of fused-ring (bicyclic) bond motifs is 1. The van der Waals surface area contributed by atoms with Crippen molar-refractivity contribution in [3.63, 3.8) is 0 Å². The van der Waals surface area contributed by atoms with Crippen LogP contribution in [-0.4, -0.2) is 41.0 Å². The minimum Gasteiger partial charge on any atom is -0.338 e. The first-order valence-corrected chi connectivity index (χ1v) is 8.11. The lowest BCUT2D eigenvalue weighted by Crippen LogP contribution is -2.46. The van der Waals surface area contributed by atoms with Gasteiger partial charge in [0.25, 0.3) is 0 Å². The monoisotopic (exact) mass is 304 g/mol. The smallest absolute Gasteiger partial charge is 0.225 e. The molecule has 1 saturated heterocycles. The quantitative estimate of drug-likeness (QED) is 0.745. The molecule has 0 saturated carbocycles. The van der Waals surface area contributed by atoms with Gasteiger partial charge in [-0.1, -0.05) is 42.5 Å². The molecule has 4 rings (SSSR count). The molecule has 0 radical (unpaired) electrons. The number of aromatic nitrogens is 2. The van der Waals surface area contributed by atoms with E-state index in [9.17, 15) is 0 Å². The molecular weight excluding hydrogens is 284 g/mol. The van der Waals surface area contributed by atoms with Gasteiger partial charge in [0.15, 0.2) is 0 Å². The summed E-state index contributed by atoms with van der Waals surface area (Å²) in [4.78, 5) is 13.5. The summed E-state index contributed by atoms with van der Waals surface area (Å²) in [5, 5.41) is 2.69. The van der Waals surface area contributed by atoms with Crippen LogP contribution in [-0.2, 0) is 6.54 Å². The van der Waals surface area contributed by atoms with Crippen molar-refractivity contribution < 1.29 is 0 Å². The van der Waals surface area contributed by atoms with Gasteiger partial charge in [0.2, 0.25) is 5.95 Å². The standard InChI is InChI=1S/C19H20N4/c1-2-8-18-16(5-1)6-3-7-17(18)15-22-11-13-23(14-12-22)19-20-9-4-10-21-19/h1-10H,11-15H2. The fourth-order valence-electron chi connectivity index (χ4n) is 3.23. The maximum atomic E-state index is 4.35. The molecule has 0 amide bonds. The molecule has 4 heteroatoms. The molecule has 3 aromatic rings. The third-order valence-corrected chi connectivity index (χ3v) is 4.48. The molecular formula is C19H20N4. The van der Waals surface area contributed by atoms with E-state index in [1.807, 2.05) is 18.5 Å². The Bertz CT molecular complexity index is 774. The van der Waals surface area contributed by atoms with Gasteiger partial charge in [-0.3, -0.25) is 4.90 Å². The lowest BCUT2D eigenvalue weighted by atomic mass is 10.0. The molecule has 0 spiro atoms. The van der Waals surface area contributed by atoms with Crippen molar-refractivity contribution in [3.05, 3.63) is 66.5 Å². The lowest BCUT2D eigenvalue weighted by molar-refractivity contribution is 0.249. The third-order valence-electron chi connectivity index (χ3n) is 4.48. The predicted molar refractivity (Wildman–Crippen MR) is 93.5 cm³/mol. The zero-order chi connectivity index (χ0) is 15.5. The number of hydrogen-bond donors (Lipinski definition) is 0. The van der Waals surface area contributed by atoms with Crippen molar-refractivity contribution in [2.45, 2.75) is 6.54 Å². The van der Waals surface area contributed by atoms with Crippen LogP contribution in [0.4, 0.5) is 5.95 Å². The number of piperazine rings is 1. The molecule has 0 atom stereocenters. The van der Waals surface area contributed by atoms with Gasteiger partial charge in [-0.2, -0.15) is 0 Å². The summed E-state index contributed by atoms with van der Waals surface area (Å²) >= 11 is 0. The van der Waals surface area contributed by atoms with Gasteiger partial charge in [0, 0.05) is 45.1 Å². The Labute approximate surface area is 136 Å². The first-order chi connectivity index (χ1) is 11.4. The van der Waals surface area contributed by atoms with Crippen LogP contribution < -0.4 is 4.90 Å². The molecule has 23 heavy (non-hydrogen) atoms. The normalized spacial score (nSPS) is 15.9. The van der Waals surface area contributed by atoms with Gasteiger partial charge in [0.1, 0.15) is 0 Å². The summed E-state index contributed by atoms with van der Waals surface area (Å²) < 4.78 is 0. The lowest BCUT2D eigenvalue weighted by Gasteiger charge is -2.34. The summed E-state index contributed by atoms with van der Waals surface area (Å²) in [6.45, 7) is 5.05. The maximum Gasteiger partial charge on any atom is 0.225 e. The van der Waals surface area contributed by atoms with Gasteiger partial charge < -0.3 is 4.90 Å². The van der Waals surface area contributed by atoms with Crippen LogP contribution in [0, 0.1) is 0 Å². The second-order valence-corrected chi connectivity index (χ2v) is 5.95. The molecule has 2 aromatic carbocycles. The largest absolute Gasteiger partial charge is 0.338 e. The zero-order valence-corrected chi connectivity index (χ0v) is 13.1. The highest BCUT2D eigenvalue weighted by Gasteiger charge is 2.19. The van der Waals surface area contributed by atoms with Gasteiger partial charge in [-0.05, 0) is 22.4 Å². The first-order valence-electron chi connectivity index (χ1n) is 8.11. The number of nitrogens with zero attached hydrogens (tertiary/aromatic N) is 4. The molecule has 1 aliphatic rings. The molecule has 0 bridgehead atoms. The Morgan fingerprint density at radius 3 is 2.35 bits per heavy atom. The summed E-state index contributed by atoms with van der Waals surface area (Å²) in [6.07, 6.45) is 3.62. The Morgan fingerprint density at radius 1 is 0.783 bits per heavy atom. The number of rotatable bonds is 3. The highest BCUT2D eigenvalue weighted by Crippen LogP contribution is 2.21. The molecule has 0 aliphatic carbocycles. The Hall–Kier alpha value is -2.46. The first kappa shape index (κ1) is 14.2. The number of hydrogen-bond acceptors (Lipinski definition) is 4. The zero-order valence-electron chi connectivity index (χ0n) is 13.1. The van der Waals surface area contributed by atoms with E-state index in [1.54, 1.807) is 0 Å². The summed E-state index contributed by atoms with van der Waals surface area (Å²) in [5.41, 5.74) is 1.41. The Morgan fingerprint density at radius 2 is 1.52 bits per heavy atom. The van der Waals surface area contributed by atoms with Crippen LogP contribution in [0.3, 0.4) is 0 Å². The summed E-state index contributed by atoms with van der Waals surface area (Å²) in [6, 6.07) is 17.1. The van der Waals surface area contributed by atoms with Crippen LogP contribution in [0.2, 0.25) is 0 Å². The van der Waals surface area contributed by atoms with Crippen molar-refractivity contribution in [2.24, 2.45) is 0 Å². The minimum absolute atomic E-state index is 0.845. The van der Waals surface area contributed by atoms with E-state index >= 15 is 0 Å². The topological polar surface area (TPSA) is 32.3 Å². The molecule has 1 aromatic heterocycles. The fourth-order valence-corrected chi connectivity index (χ4v) is 3.23. The van der Waals surface area contributed by atoms with Crippen molar-refractivity contribution >= 4 is 16.7 Å². The molecule has 2 heterocycles. The predicted octanol–water partition coefficient (Wildman–Crippen LogP) is 2.95. The Balaban J connectivity index is 1.45. The molecule has 0 N–H and O–H groups in total. The van der Waals surface area contributed by atoms with E-state index in [4.69, 9.17) is 0 Å². The van der Waals surface area contributed by atoms with Crippen molar-refractivity contribution in [3.8, 4) is 0 Å². The second kappa shape index (κ2) is 6.34. The van der Waals surface area contributed by atoms with Crippen LogP contribution in [0.25, 0.3) is 10.8 Å². The second-order valence-electron chi connectivity index (χ2n) is 5.95. The molecule has 1 aliphatic heterocycles. The fraction of sp³-hybridized carbons (Fsp3) is 0.263. The average molecular weight is 304 g/mol. The maximum absolute atomic E-state index is 4.35. The van der Waals surface area contributed by atoms with Gasteiger partial charge >= 0.3 is 0 Å². The third kappa shape index (κ3) is 3.03. The van der Waals surface area contributed by atoms with Gasteiger partial charge in [-0.15, -0.1) is 0 Å². The van der Waals surface area contributed by atoms with E-state index < -0.39 is 0 Å². The van der Waals surface area contributed by atoms with E-state index in [-0.39, 0.29) is 0 Å². The van der Waals surface area contributed by atoms with Crippen LogP contribution in [0.1, 0.15) is 5.56 Å². The highest BCUT2D eigenvalue weighted by atomic mass is 15.3.